The molecule has 0 aliphatic heterocycles. The van der Waals surface area contributed by atoms with Crippen molar-refractivity contribution in [2.45, 2.75) is 65.0 Å². The van der Waals surface area contributed by atoms with Crippen LogP contribution in [0.25, 0.3) is 0 Å². The first-order chi connectivity index (χ1) is 6.08. The normalized spacial score (nSPS) is 16.2. The molecule has 0 fully saturated rings. The maximum atomic E-state index is 10.0. The van der Waals surface area contributed by atoms with E-state index in [-0.39, 0.29) is 5.92 Å². The Morgan fingerprint density at radius 1 is 1.08 bits per heavy atom. The van der Waals surface area contributed by atoms with E-state index in [1.807, 2.05) is 0 Å². The Labute approximate surface area is 82.5 Å². The van der Waals surface area contributed by atoms with E-state index < -0.39 is 5.72 Å². The zero-order chi connectivity index (χ0) is 10.3. The fraction of sp³-hybridized carbons (Fsp3) is 1.00. The van der Waals surface area contributed by atoms with Crippen LogP contribution in [0.15, 0.2) is 0 Å². The van der Waals surface area contributed by atoms with Gasteiger partial charge in [0.25, 0.3) is 0 Å². The van der Waals surface area contributed by atoms with Crippen molar-refractivity contribution in [3.05, 3.63) is 0 Å². The van der Waals surface area contributed by atoms with E-state index in [1.54, 1.807) is 0 Å². The molecule has 2 heteroatoms. The van der Waals surface area contributed by atoms with Crippen molar-refractivity contribution in [3.8, 4) is 0 Å². The summed E-state index contributed by atoms with van der Waals surface area (Å²) in [7, 11) is 0. The van der Waals surface area contributed by atoms with Gasteiger partial charge >= 0.3 is 0 Å². The van der Waals surface area contributed by atoms with Gasteiger partial charge in [-0.25, -0.2) is 0 Å². The highest BCUT2D eigenvalue weighted by Gasteiger charge is 2.29. The molecule has 0 aromatic carbocycles. The van der Waals surface area contributed by atoms with Crippen LogP contribution in [0.2, 0.25) is 0 Å². The lowest BCUT2D eigenvalue weighted by Crippen LogP contribution is -2.47. The number of hydrogen-bond acceptors (Lipinski definition) is 2. The molecule has 0 aromatic rings. The molecule has 13 heavy (non-hydrogen) atoms. The zero-order valence-corrected chi connectivity index (χ0v) is 9.34. The smallest absolute Gasteiger partial charge is 0.116 e. The Bertz CT molecular complexity index is 117. The van der Waals surface area contributed by atoms with Crippen LogP contribution in [0.1, 0.15) is 59.3 Å². The van der Waals surface area contributed by atoms with Gasteiger partial charge in [0.1, 0.15) is 5.72 Å². The number of aliphatic hydroxyl groups is 1. The first kappa shape index (κ1) is 12.9. The Morgan fingerprint density at radius 3 is 1.85 bits per heavy atom. The van der Waals surface area contributed by atoms with Gasteiger partial charge in [-0.1, -0.05) is 40.0 Å². The van der Waals surface area contributed by atoms with Crippen LogP contribution >= 0.6 is 0 Å². The highest BCUT2D eigenvalue weighted by molar-refractivity contribution is 4.79. The van der Waals surface area contributed by atoms with E-state index in [0.29, 0.717) is 0 Å². The molecule has 0 radical (unpaired) electrons. The minimum absolute atomic E-state index is 0.280. The summed E-state index contributed by atoms with van der Waals surface area (Å²) in [5.41, 5.74) is 4.97. The molecule has 0 aliphatic carbocycles. The van der Waals surface area contributed by atoms with Crippen molar-refractivity contribution in [1.82, 2.24) is 0 Å². The monoisotopic (exact) mass is 187 g/mol. The lowest BCUT2D eigenvalue weighted by Gasteiger charge is -2.32. The van der Waals surface area contributed by atoms with Crippen LogP contribution in [0.3, 0.4) is 0 Å². The van der Waals surface area contributed by atoms with E-state index in [4.69, 9.17) is 5.73 Å². The quantitative estimate of drug-likeness (QED) is 0.602. The summed E-state index contributed by atoms with van der Waals surface area (Å²) >= 11 is 0. The van der Waals surface area contributed by atoms with E-state index >= 15 is 0 Å². The third-order valence-electron chi connectivity index (χ3n) is 2.63. The summed E-state index contributed by atoms with van der Waals surface area (Å²) in [5, 5.41) is 10.0. The summed E-state index contributed by atoms with van der Waals surface area (Å²) in [6.07, 6.45) is 5.97. The Morgan fingerprint density at radius 2 is 1.54 bits per heavy atom. The molecule has 3 N–H and O–H groups in total. The molecule has 0 spiro atoms. The van der Waals surface area contributed by atoms with Crippen molar-refractivity contribution < 1.29 is 5.11 Å². The van der Waals surface area contributed by atoms with Crippen LogP contribution in [0.4, 0.5) is 0 Å². The van der Waals surface area contributed by atoms with Crippen molar-refractivity contribution >= 4 is 0 Å². The van der Waals surface area contributed by atoms with Gasteiger partial charge in [0, 0.05) is 5.92 Å². The third-order valence-corrected chi connectivity index (χ3v) is 2.63. The Balaban J connectivity index is 4.13. The molecule has 0 rings (SSSR count). The molecular formula is C11H25NO. The molecule has 0 aliphatic rings. The molecule has 80 valence electrons. The maximum absolute atomic E-state index is 10.0. The lowest BCUT2D eigenvalue weighted by molar-refractivity contribution is -0.0286. The summed E-state index contributed by atoms with van der Waals surface area (Å²) < 4.78 is 0. The maximum Gasteiger partial charge on any atom is 0.116 e. The molecule has 1 unspecified atom stereocenters. The van der Waals surface area contributed by atoms with Gasteiger partial charge in [-0.2, -0.15) is 0 Å². The molecule has 1 atom stereocenters. The van der Waals surface area contributed by atoms with Gasteiger partial charge in [0.15, 0.2) is 0 Å². The van der Waals surface area contributed by atoms with Crippen LogP contribution in [0.5, 0.6) is 0 Å². The van der Waals surface area contributed by atoms with Crippen LogP contribution in [0, 0.1) is 5.92 Å². The molecule has 2 nitrogen and oxygen atoms in total. The summed E-state index contributed by atoms with van der Waals surface area (Å²) in [6.45, 7) is 6.35. The average Bonchev–Trinajstić information content (AvgIpc) is 2.04. The van der Waals surface area contributed by atoms with E-state index in [0.717, 1.165) is 38.5 Å². The second-order valence-electron chi connectivity index (χ2n) is 4.02. The van der Waals surface area contributed by atoms with Crippen LogP contribution in [-0.4, -0.2) is 10.8 Å². The average molecular weight is 187 g/mol. The Kier molecular flexibility index (Phi) is 6.35. The van der Waals surface area contributed by atoms with Gasteiger partial charge < -0.3 is 10.8 Å². The number of hydrogen-bond donors (Lipinski definition) is 2. The Hall–Kier alpha value is -0.0800. The predicted octanol–water partition coefficient (Wildman–Crippen LogP) is 2.65. The summed E-state index contributed by atoms with van der Waals surface area (Å²) in [6, 6.07) is 0. The molecule has 0 saturated heterocycles. The first-order valence-corrected chi connectivity index (χ1v) is 5.59. The standard InChI is InChI=1S/C11H25NO/c1-4-7-10(8-5-2)11(12,13)9-6-3/h10,13H,4-9,12H2,1-3H3. The fourth-order valence-electron chi connectivity index (χ4n) is 1.95. The third kappa shape index (κ3) is 4.63. The van der Waals surface area contributed by atoms with E-state index in [2.05, 4.69) is 20.8 Å². The highest BCUT2D eigenvalue weighted by Crippen LogP contribution is 2.26. The van der Waals surface area contributed by atoms with Crippen molar-refractivity contribution in [3.63, 3.8) is 0 Å². The van der Waals surface area contributed by atoms with Gasteiger partial charge in [-0.15, -0.1) is 0 Å². The molecule has 0 amide bonds. The molecule has 0 bridgehead atoms. The van der Waals surface area contributed by atoms with E-state index in [1.165, 1.54) is 0 Å². The summed E-state index contributed by atoms with van der Waals surface area (Å²) in [5.74, 6) is 0.280. The number of nitrogens with two attached hydrogens (primary N) is 1. The molecular weight excluding hydrogens is 162 g/mol. The van der Waals surface area contributed by atoms with Gasteiger partial charge in [0.2, 0.25) is 0 Å². The highest BCUT2D eigenvalue weighted by atomic mass is 16.3. The van der Waals surface area contributed by atoms with Gasteiger partial charge in [0.05, 0.1) is 0 Å². The molecule has 0 aromatic heterocycles. The van der Waals surface area contributed by atoms with Crippen molar-refractivity contribution in [2.24, 2.45) is 11.7 Å². The lowest BCUT2D eigenvalue weighted by atomic mass is 9.85. The van der Waals surface area contributed by atoms with Gasteiger partial charge in [-0.3, -0.25) is 0 Å². The van der Waals surface area contributed by atoms with Crippen molar-refractivity contribution in [1.29, 1.82) is 0 Å². The topological polar surface area (TPSA) is 46.2 Å². The van der Waals surface area contributed by atoms with Crippen LogP contribution < -0.4 is 5.73 Å². The fourth-order valence-corrected chi connectivity index (χ4v) is 1.95. The summed E-state index contributed by atoms with van der Waals surface area (Å²) in [4.78, 5) is 0. The SMILES string of the molecule is CCCC(CCC)C(N)(O)CCC. The van der Waals surface area contributed by atoms with Gasteiger partial charge in [-0.05, 0) is 19.3 Å². The minimum atomic E-state index is -0.930. The zero-order valence-electron chi connectivity index (χ0n) is 9.34. The molecule has 0 saturated carbocycles. The second-order valence-corrected chi connectivity index (χ2v) is 4.02. The van der Waals surface area contributed by atoms with Crippen molar-refractivity contribution in [2.75, 3.05) is 0 Å². The van der Waals surface area contributed by atoms with Crippen LogP contribution in [-0.2, 0) is 0 Å². The first-order valence-electron chi connectivity index (χ1n) is 5.59. The number of rotatable bonds is 7. The second kappa shape index (κ2) is 6.39. The molecule has 0 heterocycles. The van der Waals surface area contributed by atoms with E-state index in [9.17, 15) is 5.11 Å². The predicted molar refractivity (Wildman–Crippen MR) is 57.4 cm³/mol. The largest absolute Gasteiger partial charge is 0.376 e. The minimum Gasteiger partial charge on any atom is -0.376 e.